The van der Waals surface area contributed by atoms with Gasteiger partial charge in [0.1, 0.15) is 0 Å². The second kappa shape index (κ2) is 5.70. The molecule has 4 heteroatoms. The molecule has 0 amide bonds. The molecule has 0 radical (unpaired) electrons. The fourth-order valence-electron chi connectivity index (χ4n) is 3.79. The van der Waals surface area contributed by atoms with E-state index in [1.54, 1.807) is 12.1 Å². The van der Waals surface area contributed by atoms with Crippen molar-refractivity contribution in [2.24, 2.45) is 5.92 Å². The van der Waals surface area contributed by atoms with Crippen LogP contribution in [0.4, 0.5) is 5.69 Å². The van der Waals surface area contributed by atoms with Gasteiger partial charge in [0.25, 0.3) is 0 Å². The van der Waals surface area contributed by atoms with E-state index in [-0.39, 0.29) is 12.1 Å². The van der Waals surface area contributed by atoms with Crippen molar-refractivity contribution in [3.63, 3.8) is 0 Å². The van der Waals surface area contributed by atoms with E-state index in [1.807, 2.05) is 12.1 Å². The smallest absolute Gasteiger partial charge is 0.335 e. The number of carboxylic acid groups (broad SMARTS) is 1. The van der Waals surface area contributed by atoms with Crippen LogP contribution in [-0.4, -0.2) is 17.7 Å². The highest BCUT2D eigenvalue weighted by Gasteiger charge is 2.39. The third-order valence-corrected chi connectivity index (χ3v) is 4.87. The van der Waals surface area contributed by atoms with E-state index in [0.29, 0.717) is 11.5 Å². The number of fused-ring (bicyclic) bond motifs is 3. The highest BCUT2D eigenvalue weighted by molar-refractivity contribution is 5.88. The minimum atomic E-state index is -0.898. The predicted octanol–water partition coefficient (Wildman–Crippen LogP) is 4.02. The largest absolute Gasteiger partial charge is 0.478 e. The van der Waals surface area contributed by atoms with E-state index < -0.39 is 5.97 Å². The second-order valence-corrected chi connectivity index (χ2v) is 6.24. The summed E-state index contributed by atoms with van der Waals surface area (Å²) < 4.78 is 6.06. The Balaban J connectivity index is 1.78. The third kappa shape index (κ3) is 2.49. The van der Waals surface area contributed by atoms with Gasteiger partial charge in [-0.3, -0.25) is 0 Å². The SMILES string of the molecule is O=C(O)c1ccc2c(c1)[C@H]1OCCC[C@H]1[C@@H](c1ccccc1)N2. The fourth-order valence-corrected chi connectivity index (χ4v) is 3.79. The van der Waals surface area contributed by atoms with Crippen LogP contribution >= 0.6 is 0 Å². The summed E-state index contributed by atoms with van der Waals surface area (Å²) in [6, 6.07) is 15.9. The van der Waals surface area contributed by atoms with Gasteiger partial charge in [-0.1, -0.05) is 30.3 Å². The van der Waals surface area contributed by atoms with Gasteiger partial charge in [-0.15, -0.1) is 0 Å². The molecule has 0 bridgehead atoms. The zero-order valence-electron chi connectivity index (χ0n) is 12.7. The fraction of sp³-hybridized carbons (Fsp3) is 0.316. The first-order chi connectivity index (χ1) is 11.2. The summed E-state index contributed by atoms with van der Waals surface area (Å²) in [5, 5.41) is 12.9. The van der Waals surface area contributed by atoms with Crippen LogP contribution in [0, 0.1) is 5.92 Å². The van der Waals surface area contributed by atoms with Gasteiger partial charge in [0.15, 0.2) is 0 Å². The number of benzene rings is 2. The standard InChI is InChI=1S/C19H19NO3/c21-19(22)13-8-9-16-15(11-13)18-14(7-4-10-23-18)17(20-16)12-5-2-1-3-6-12/h1-3,5-6,8-9,11,14,17-18,20H,4,7,10H2,(H,21,22)/t14-,17+,18-/m0/s1. The number of anilines is 1. The number of aromatic carboxylic acids is 1. The minimum absolute atomic E-state index is 0.0375. The Hall–Kier alpha value is -2.33. The number of hydrogen-bond acceptors (Lipinski definition) is 3. The Morgan fingerprint density at radius 1 is 1.17 bits per heavy atom. The molecule has 23 heavy (non-hydrogen) atoms. The lowest BCUT2D eigenvalue weighted by Crippen LogP contribution is -2.36. The number of rotatable bonds is 2. The molecule has 0 unspecified atom stereocenters. The Morgan fingerprint density at radius 3 is 2.78 bits per heavy atom. The van der Waals surface area contributed by atoms with Gasteiger partial charge in [-0.05, 0) is 36.6 Å². The minimum Gasteiger partial charge on any atom is -0.478 e. The number of carbonyl (C=O) groups is 1. The van der Waals surface area contributed by atoms with E-state index in [4.69, 9.17) is 4.74 Å². The average Bonchev–Trinajstić information content (AvgIpc) is 2.61. The van der Waals surface area contributed by atoms with Crippen molar-refractivity contribution in [2.75, 3.05) is 11.9 Å². The van der Waals surface area contributed by atoms with Crippen LogP contribution in [-0.2, 0) is 4.74 Å². The molecule has 1 fully saturated rings. The Kier molecular flexibility index (Phi) is 3.54. The summed E-state index contributed by atoms with van der Waals surface area (Å²) in [7, 11) is 0. The molecular formula is C19H19NO3. The summed E-state index contributed by atoms with van der Waals surface area (Å²) in [5.41, 5.74) is 3.52. The monoisotopic (exact) mass is 309 g/mol. The number of ether oxygens (including phenoxy) is 1. The summed E-state index contributed by atoms with van der Waals surface area (Å²) in [6.07, 6.45) is 2.08. The van der Waals surface area contributed by atoms with Crippen LogP contribution in [0.1, 0.15) is 46.5 Å². The number of nitrogens with one attached hydrogen (secondary N) is 1. The van der Waals surface area contributed by atoms with E-state index in [0.717, 1.165) is 30.7 Å². The molecule has 3 atom stereocenters. The van der Waals surface area contributed by atoms with Crippen molar-refractivity contribution < 1.29 is 14.6 Å². The number of carboxylic acids is 1. The van der Waals surface area contributed by atoms with E-state index in [1.165, 1.54) is 5.56 Å². The van der Waals surface area contributed by atoms with Crippen LogP contribution in [0.25, 0.3) is 0 Å². The molecule has 0 spiro atoms. The summed E-state index contributed by atoms with van der Waals surface area (Å²) in [4.78, 5) is 11.3. The maximum Gasteiger partial charge on any atom is 0.335 e. The topological polar surface area (TPSA) is 58.6 Å². The van der Waals surface area contributed by atoms with E-state index in [2.05, 4.69) is 29.6 Å². The summed E-state index contributed by atoms with van der Waals surface area (Å²) in [6.45, 7) is 0.736. The normalized spacial score (nSPS) is 25.8. The van der Waals surface area contributed by atoms with Gasteiger partial charge in [0.05, 0.1) is 17.7 Å². The second-order valence-electron chi connectivity index (χ2n) is 6.24. The van der Waals surface area contributed by atoms with Gasteiger partial charge in [-0.25, -0.2) is 4.79 Å². The lowest BCUT2D eigenvalue weighted by molar-refractivity contribution is -0.0381. The van der Waals surface area contributed by atoms with Crippen molar-refractivity contribution in [2.45, 2.75) is 25.0 Å². The first-order valence-corrected chi connectivity index (χ1v) is 8.04. The van der Waals surface area contributed by atoms with E-state index >= 15 is 0 Å². The highest BCUT2D eigenvalue weighted by Crippen LogP contribution is 2.49. The van der Waals surface area contributed by atoms with Gasteiger partial charge in [-0.2, -0.15) is 0 Å². The van der Waals surface area contributed by atoms with Crippen LogP contribution in [0.15, 0.2) is 48.5 Å². The maximum absolute atomic E-state index is 11.3. The van der Waals surface area contributed by atoms with Crippen LogP contribution in [0.2, 0.25) is 0 Å². The average molecular weight is 309 g/mol. The van der Waals surface area contributed by atoms with Gasteiger partial charge in [0, 0.05) is 23.8 Å². The summed E-state index contributed by atoms with van der Waals surface area (Å²) >= 11 is 0. The molecule has 2 aromatic carbocycles. The van der Waals surface area contributed by atoms with Crippen molar-refractivity contribution in [3.05, 3.63) is 65.2 Å². The van der Waals surface area contributed by atoms with Crippen LogP contribution < -0.4 is 5.32 Å². The van der Waals surface area contributed by atoms with Crippen molar-refractivity contribution >= 4 is 11.7 Å². The van der Waals surface area contributed by atoms with Gasteiger partial charge < -0.3 is 15.2 Å². The van der Waals surface area contributed by atoms with Gasteiger partial charge >= 0.3 is 5.97 Å². The zero-order chi connectivity index (χ0) is 15.8. The first kappa shape index (κ1) is 14.3. The molecule has 2 aliphatic heterocycles. The lowest BCUT2D eigenvalue weighted by Gasteiger charge is -2.43. The molecule has 2 aliphatic rings. The molecule has 0 aromatic heterocycles. The van der Waals surface area contributed by atoms with Crippen molar-refractivity contribution in [1.29, 1.82) is 0 Å². The Morgan fingerprint density at radius 2 is 2.00 bits per heavy atom. The van der Waals surface area contributed by atoms with Crippen molar-refractivity contribution in [3.8, 4) is 0 Å². The quantitative estimate of drug-likeness (QED) is 0.879. The molecule has 1 saturated heterocycles. The summed E-state index contributed by atoms with van der Waals surface area (Å²) in [5.74, 6) is -0.576. The molecule has 4 nitrogen and oxygen atoms in total. The van der Waals surface area contributed by atoms with Crippen LogP contribution in [0.5, 0.6) is 0 Å². The molecule has 2 aromatic rings. The maximum atomic E-state index is 11.3. The van der Waals surface area contributed by atoms with E-state index in [9.17, 15) is 9.90 Å². The third-order valence-electron chi connectivity index (χ3n) is 4.87. The van der Waals surface area contributed by atoms with Gasteiger partial charge in [0.2, 0.25) is 0 Å². The molecule has 4 rings (SSSR count). The molecule has 0 aliphatic carbocycles. The molecule has 0 saturated carbocycles. The predicted molar refractivity (Wildman–Crippen MR) is 87.6 cm³/mol. The Labute approximate surface area is 135 Å². The number of hydrogen-bond donors (Lipinski definition) is 2. The first-order valence-electron chi connectivity index (χ1n) is 8.04. The van der Waals surface area contributed by atoms with Crippen LogP contribution in [0.3, 0.4) is 0 Å². The zero-order valence-corrected chi connectivity index (χ0v) is 12.7. The molecule has 2 N–H and O–H groups in total. The lowest BCUT2D eigenvalue weighted by atomic mass is 9.77. The Bertz CT molecular complexity index is 729. The molecular weight excluding hydrogens is 290 g/mol. The molecule has 2 heterocycles. The highest BCUT2D eigenvalue weighted by atomic mass is 16.5. The molecule has 118 valence electrons. The van der Waals surface area contributed by atoms with Crippen molar-refractivity contribution in [1.82, 2.24) is 0 Å².